The molecule has 96 valence electrons. The second-order valence-electron chi connectivity index (χ2n) is 5.69. The number of anilines is 1. The van der Waals surface area contributed by atoms with Crippen molar-refractivity contribution in [1.29, 1.82) is 0 Å². The standard InChI is InChI=1S/C13H22N2OS/c1-9(2)6-10-4-3-5-13(16,7-10)11-8-15-12(14)17-11/h8-10,16H,3-7H2,1-2H3,(H2,14,15). The molecule has 0 spiro atoms. The summed E-state index contributed by atoms with van der Waals surface area (Å²) in [6.07, 6.45) is 7.02. The van der Waals surface area contributed by atoms with Crippen molar-refractivity contribution in [3.63, 3.8) is 0 Å². The summed E-state index contributed by atoms with van der Waals surface area (Å²) in [7, 11) is 0. The maximum Gasteiger partial charge on any atom is 0.180 e. The molecule has 0 aromatic carbocycles. The summed E-state index contributed by atoms with van der Waals surface area (Å²) in [6, 6.07) is 0. The van der Waals surface area contributed by atoms with E-state index < -0.39 is 5.60 Å². The zero-order valence-corrected chi connectivity index (χ0v) is 11.5. The fourth-order valence-corrected chi connectivity index (χ4v) is 3.77. The molecular formula is C13H22N2OS. The Kier molecular flexibility index (Phi) is 3.73. The van der Waals surface area contributed by atoms with Gasteiger partial charge in [-0.1, -0.05) is 31.6 Å². The van der Waals surface area contributed by atoms with Gasteiger partial charge < -0.3 is 10.8 Å². The van der Waals surface area contributed by atoms with Crippen LogP contribution in [0, 0.1) is 11.8 Å². The third kappa shape index (κ3) is 2.99. The second-order valence-corrected chi connectivity index (χ2v) is 6.75. The molecule has 1 aliphatic rings. The molecule has 0 aliphatic heterocycles. The number of aromatic nitrogens is 1. The van der Waals surface area contributed by atoms with Gasteiger partial charge in [0.1, 0.15) is 5.60 Å². The molecule has 17 heavy (non-hydrogen) atoms. The van der Waals surface area contributed by atoms with Gasteiger partial charge in [0.15, 0.2) is 5.13 Å². The van der Waals surface area contributed by atoms with Crippen LogP contribution in [0.25, 0.3) is 0 Å². The predicted octanol–water partition coefficient (Wildman–Crippen LogP) is 3.15. The predicted molar refractivity (Wildman–Crippen MR) is 71.8 cm³/mol. The molecule has 2 rings (SSSR count). The van der Waals surface area contributed by atoms with Crippen LogP contribution in [0.5, 0.6) is 0 Å². The first-order valence-electron chi connectivity index (χ1n) is 6.44. The van der Waals surface area contributed by atoms with E-state index >= 15 is 0 Å². The van der Waals surface area contributed by atoms with E-state index in [4.69, 9.17) is 5.73 Å². The van der Waals surface area contributed by atoms with Gasteiger partial charge in [0, 0.05) is 6.20 Å². The van der Waals surface area contributed by atoms with Crippen LogP contribution < -0.4 is 5.73 Å². The Morgan fingerprint density at radius 1 is 1.65 bits per heavy atom. The van der Waals surface area contributed by atoms with Crippen LogP contribution in [-0.4, -0.2) is 10.1 Å². The number of thiazole rings is 1. The smallest absolute Gasteiger partial charge is 0.180 e. The molecule has 0 bridgehead atoms. The lowest BCUT2D eigenvalue weighted by atomic mass is 9.74. The molecule has 2 unspecified atom stereocenters. The summed E-state index contributed by atoms with van der Waals surface area (Å²) in [5.41, 5.74) is 4.98. The van der Waals surface area contributed by atoms with Gasteiger partial charge in [-0.15, -0.1) is 0 Å². The molecule has 1 aromatic heterocycles. The third-order valence-corrected chi connectivity index (χ3v) is 4.64. The molecular weight excluding hydrogens is 232 g/mol. The summed E-state index contributed by atoms with van der Waals surface area (Å²) < 4.78 is 0. The molecule has 0 saturated heterocycles. The fraction of sp³-hybridized carbons (Fsp3) is 0.769. The van der Waals surface area contributed by atoms with E-state index in [2.05, 4.69) is 18.8 Å². The molecule has 3 nitrogen and oxygen atoms in total. The summed E-state index contributed by atoms with van der Waals surface area (Å²) in [4.78, 5) is 5.01. The molecule has 2 atom stereocenters. The lowest BCUT2D eigenvalue weighted by Gasteiger charge is -2.36. The largest absolute Gasteiger partial charge is 0.384 e. The van der Waals surface area contributed by atoms with Gasteiger partial charge in [-0.25, -0.2) is 4.98 Å². The van der Waals surface area contributed by atoms with Crippen LogP contribution in [0.15, 0.2) is 6.20 Å². The topological polar surface area (TPSA) is 59.1 Å². The Morgan fingerprint density at radius 3 is 3.00 bits per heavy atom. The molecule has 1 heterocycles. The van der Waals surface area contributed by atoms with E-state index in [-0.39, 0.29) is 0 Å². The van der Waals surface area contributed by atoms with Crippen molar-refractivity contribution in [3.05, 3.63) is 11.1 Å². The highest BCUT2D eigenvalue weighted by Gasteiger charge is 2.37. The minimum atomic E-state index is -0.674. The van der Waals surface area contributed by atoms with E-state index in [1.165, 1.54) is 24.2 Å². The van der Waals surface area contributed by atoms with Gasteiger partial charge >= 0.3 is 0 Å². The van der Waals surface area contributed by atoms with Gasteiger partial charge in [-0.3, -0.25) is 0 Å². The number of nitrogens with two attached hydrogens (primary N) is 1. The van der Waals surface area contributed by atoms with Crippen molar-refractivity contribution in [3.8, 4) is 0 Å². The molecule has 1 aromatic rings. The van der Waals surface area contributed by atoms with Gasteiger partial charge in [-0.2, -0.15) is 0 Å². The highest BCUT2D eigenvalue weighted by Crippen LogP contribution is 2.43. The highest BCUT2D eigenvalue weighted by molar-refractivity contribution is 7.15. The molecule has 4 heteroatoms. The normalized spacial score (nSPS) is 29.8. The van der Waals surface area contributed by atoms with Crippen molar-refractivity contribution in [2.45, 2.75) is 51.6 Å². The van der Waals surface area contributed by atoms with E-state index in [1.54, 1.807) is 6.20 Å². The number of hydrogen-bond acceptors (Lipinski definition) is 4. The number of aliphatic hydroxyl groups is 1. The zero-order valence-electron chi connectivity index (χ0n) is 10.6. The van der Waals surface area contributed by atoms with Crippen molar-refractivity contribution >= 4 is 16.5 Å². The maximum atomic E-state index is 10.8. The zero-order chi connectivity index (χ0) is 12.5. The van der Waals surface area contributed by atoms with Gasteiger partial charge in [0.2, 0.25) is 0 Å². The van der Waals surface area contributed by atoms with Crippen LogP contribution in [0.3, 0.4) is 0 Å². The molecule has 0 radical (unpaired) electrons. The van der Waals surface area contributed by atoms with Crippen LogP contribution in [0.2, 0.25) is 0 Å². The number of hydrogen-bond donors (Lipinski definition) is 2. The lowest BCUT2D eigenvalue weighted by Crippen LogP contribution is -2.32. The number of rotatable bonds is 3. The van der Waals surface area contributed by atoms with Gasteiger partial charge in [0.05, 0.1) is 4.88 Å². The van der Waals surface area contributed by atoms with E-state index in [0.29, 0.717) is 17.0 Å². The first-order chi connectivity index (χ1) is 7.99. The SMILES string of the molecule is CC(C)CC1CCCC(O)(c2cnc(N)s2)C1. The molecule has 1 fully saturated rings. The maximum absolute atomic E-state index is 10.8. The first-order valence-corrected chi connectivity index (χ1v) is 7.25. The second kappa shape index (κ2) is 4.94. The minimum Gasteiger partial charge on any atom is -0.384 e. The third-order valence-electron chi connectivity index (χ3n) is 3.62. The Balaban J connectivity index is 2.09. The lowest BCUT2D eigenvalue weighted by molar-refractivity contribution is -0.0214. The Hall–Kier alpha value is -0.610. The van der Waals surface area contributed by atoms with Crippen molar-refractivity contribution < 1.29 is 5.11 Å². The Labute approximate surface area is 107 Å². The fourth-order valence-electron chi connectivity index (χ4n) is 2.96. The first kappa shape index (κ1) is 12.8. The summed E-state index contributed by atoms with van der Waals surface area (Å²) in [5, 5.41) is 11.3. The van der Waals surface area contributed by atoms with E-state index in [9.17, 15) is 5.11 Å². The number of nitrogens with zero attached hydrogens (tertiary/aromatic N) is 1. The van der Waals surface area contributed by atoms with Crippen LogP contribution in [-0.2, 0) is 5.60 Å². The summed E-state index contributed by atoms with van der Waals surface area (Å²) >= 11 is 1.43. The minimum absolute atomic E-state index is 0.555. The molecule has 3 N–H and O–H groups in total. The highest BCUT2D eigenvalue weighted by atomic mass is 32.1. The van der Waals surface area contributed by atoms with Crippen LogP contribution in [0.1, 0.15) is 50.8 Å². The monoisotopic (exact) mass is 254 g/mol. The average Bonchev–Trinajstić information content (AvgIpc) is 2.64. The van der Waals surface area contributed by atoms with Crippen LogP contribution in [0.4, 0.5) is 5.13 Å². The Morgan fingerprint density at radius 2 is 2.41 bits per heavy atom. The number of nitrogen functional groups attached to an aromatic ring is 1. The summed E-state index contributed by atoms with van der Waals surface area (Å²) in [5.74, 6) is 1.34. The van der Waals surface area contributed by atoms with Crippen molar-refractivity contribution in [2.24, 2.45) is 11.8 Å². The van der Waals surface area contributed by atoms with Gasteiger partial charge in [-0.05, 0) is 37.5 Å². The van der Waals surface area contributed by atoms with Gasteiger partial charge in [0.25, 0.3) is 0 Å². The van der Waals surface area contributed by atoms with E-state index in [1.807, 2.05) is 0 Å². The average molecular weight is 254 g/mol. The molecule has 0 amide bonds. The summed E-state index contributed by atoms with van der Waals surface area (Å²) in [6.45, 7) is 4.50. The Bertz CT molecular complexity index is 377. The quantitative estimate of drug-likeness (QED) is 0.871. The molecule has 1 saturated carbocycles. The van der Waals surface area contributed by atoms with Crippen molar-refractivity contribution in [1.82, 2.24) is 4.98 Å². The van der Waals surface area contributed by atoms with E-state index in [0.717, 1.165) is 24.1 Å². The molecule has 1 aliphatic carbocycles. The van der Waals surface area contributed by atoms with Crippen molar-refractivity contribution in [2.75, 3.05) is 5.73 Å². The van der Waals surface area contributed by atoms with Crippen LogP contribution >= 0.6 is 11.3 Å².